The summed E-state index contributed by atoms with van der Waals surface area (Å²) >= 11 is 0. The van der Waals surface area contributed by atoms with Gasteiger partial charge in [0.25, 0.3) is 0 Å². The van der Waals surface area contributed by atoms with E-state index in [1.165, 1.54) is 28.7 Å². The van der Waals surface area contributed by atoms with Crippen LogP contribution in [0.2, 0.25) is 0 Å². The van der Waals surface area contributed by atoms with Gasteiger partial charge in [0.1, 0.15) is 17.2 Å². The zero-order chi connectivity index (χ0) is 28.6. The zero-order valence-electron chi connectivity index (χ0n) is 25.1. The van der Waals surface area contributed by atoms with Gasteiger partial charge in [-0.1, -0.05) is 52.0 Å². The summed E-state index contributed by atoms with van der Waals surface area (Å²) in [6, 6.07) is 21.3. The van der Waals surface area contributed by atoms with E-state index in [0.717, 1.165) is 51.9 Å². The molecular weight excluding hydrogens is 494 g/mol. The Balaban J connectivity index is 1.68. The van der Waals surface area contributed by atoms with Crippen LogP contribution < -0.4 is 14.4 Å². The average Bonchev–Trinajstić information content (AvgIpc) is 3.14. The number of benzene rings is 4. The molecule has 4 aromatic carbocycles. The van der Waals surface area contributed by atoms with Crippen LogP contribution in [0.15, 0.2) is 60.7 Å². The summed E-state index contributed by atoms with van der Waals surface area (Å²) in [6.45, 7) is 9.65. The Bertz CT molecular complexity index is 1630. The van der Waals surface area contributed by atoms with Crippen molar-refractivity contribution in [3.05, 3.63) is 71.8 Å². The first-order valence-corrected chi connectivity index (χ1v) is 14.2. The number of hydrogen-bond acceptors (Lipinski definition) is 4. The standard InChI is InChI=1S/C36H41NO3/c1-34(2)19-35(3,4)21-36(20-34)28-12-10-9-11-24(28)33-27-17-30(37(5)6)25(16-26(27)31(38)18-29(33)36)23-14-13-22(39-7)15-32(23)40-8/h9-18,38H,19-21H2,1-8H3. The van der Waals surface area contributed by atoms with Crippen LogP contribution in [0, 0.1) is 10.8 Å². The van der Waals surface area contributed by atoms with Crippen LogP contribution in [0.25, 0.3) is 33.0 Å². The fourth-order valence-electron chi connectivity index (χ4n) is 8.47. The molecule has 0 radical (unpaired) electrons. The average molecular weight is 536 g/mol. The van der Waals surface area contributed by atoms with E-state index < -0.39 is 0 Å². The summed E-state index contributed by atoms with van der Waals surface area (Å²) in [5.41, 5.74) is 8.54. The van der Waals surface area contributed by atoms with Crippen LogP contribution in [0.5, 0.6) is 17.2 Å². The lowest BCUT2D eigenvalue weighted by molar-refractivity contribution is 0.0645. The molecule has 0 bridgehead atoms. The predicted molar refractivity (Wildman–Crippen MR) is 166 cm³/mol. The van der Waals surface area contributed by atoms with Crippen molar-refractivity contribution in [2.45, 2.75) is 52.4 Å². The van der Waals surface area contributed by atoms with Crippen LogP contribution in [0.4, 0.5) is 5.69 Å². The van der Waals surface area contributed by atoms with Crippen molar-refractivity contribution >= 4 is 16.5 Å². The molecule has 0 aromatic heterocycles. The monoisotopic (exact) mass is 535 g/mol. The summed E-state index contributed by atoms with van der Waals surface area (Å²) < 4.78 is 11.2. The van der Waals surface area contributed by atoms with Crippen LogP contribution >= 0.6 is 0 Å². The number of phenolic OH excluding ortho intramolecular Hbond substituents is 1. The van der Waals surface area contributed by atoms with Crippen molar-refractivity contribution in [1.29, 1.82) is 0 Å². The molecule has 2 aliphatic rings. The number of fused-ring (bicyclic) bond motifs is 7. The second-order valence-electron chi connectivity index (χ2n) is 13.7. The van der Waals surface area contributed by atoms with E-state index in [0.29, 0.717) is 5.75 Å². The minimum atomic E-state index is -0.126. The molecule has 0 amide bonds. The van der Waals surface area contributed by atoms with Gasteiger partial charge in [0.2, 0.25) is 0 Å². The van der Waals surface area contributed by atoms with Crippen molar-refractivity contribution in [3.8, 4) is 39.5 Å². The third-order valence-corrected chi connectivity index (χ3v) is 9.16. The van der Waals surface area contributed by atoms with E-state index in [2.05, 4.69) is 89.2 Å². The number of ether oxygens (including phenoxy) is 2. The molecule has 1 fully saturated rings. The number of phenols is 1. The van der Waals surface area contributed by atoms with Gasteiger partial charge in [-0.25, -0.2) is 0 Å². The van der Waals surface area contributed by atoms with Gasteiger partial charge in [0, 0.05) is 47.8 Å². The fourth-order valence-corrected chi connectivity index (χ4v) is 8.47. The first kappa shape index (κ1) is 26.6. The first-order valence-electron chi connectivity index (χ1n) is 14.2. The number of anilines is 1. The number of aromatic hydroxyl groups is 1. The minimum Gasteiger partial charge on any atom is -0.507 e. The lowest BCUT2D eigenvalue weighted by Gasteiger charge is -2.51. The summed E-state index contributed by atoms with van der Waals surface area (Å²) in [5.74, 6) is 1.81. The van der Waals surface area contributed by atoms with E-state index in [1.54, 1.807) is 14.2 Å². The Kier molecular flexibility index (Phi) is 5.92. The smallest absolute Gasteiger partial charge is 0.130 e. The van der Waals surface area contributed by atoms with Crippen molar-refractivity contribution in [3.63, 3.8) is 0 Å². The second-order valence-corrected chi connectivity index (χ2v) is 13.7. The Morgan fingerprint density at radius 1 is 0.700 bits per heavy atom. The molecule has 0 aliphatic heterocycles. The first-order chi connectivity index (χ1) is 18.9. The highest BCUT2D eigenvalue weighted by Gasteiger charge is 2.53. The molecule has 4 aromatic rings. The van der Waals surface area contributed by atoms with Gasteiger partial charge >= 0.3 is 0 Å². The summed E-state index contributed by atoms with van der Waals surface area (Å²) in [5, 5.41) is 13.7. The largest absolute Gasteiger partial charge is 0.507 e. The highest BCUT2D eigenvalue weighted by Crippen LogP contribution is 2.65. The van der Waals surface area contributed by atoms with Crippen molar-refractivity contribution in [2.24, 2.45) is 10.8 Å². The molecule has 6 rings (SSSR count). The van der Waals surface area contributed by atoms with Crippen molar-refractivity contribution in [1.82, 2.24) is 0 Å². The van der Waals surface area contributed by atoms with Crippen molar-refractivity contribution < 1.29 is 14.6 Å². The number of nitrogens with zero attached hydrogens (tertiary/aromatic N) is 1. The van der Waals surface area contributed by atoms with Crippen LogP contribution in [-0.2, 0) is 5.41 Å². The maximum Gasteiger partial charge on any atom is 0.130 e. The van der Waals surface area contributed by atoms with E-state index >= 15 is 0 Å². The zero-order valence-corrected chi connectivity index (χ0v) is 25.1. The lowest BCUT2D eigenvalue weighted by atomic mass is 9.52. The Hall–Kier alpha value is -3.66. The summed E-state index contributed by atoms with van der Waals surface area (Å²) in [7, 11) is 7.49. The number of methoxy groups -OCH3 is 2. The SMILES string of the molecule is COc1ccc(-c2cc3c(O)cc4c(c3cc2N(C)C)-c2ccccc2C42CC(C)(C)CC(C)(C)C2)c(OC)c1. The minimum absolute atomic E-state index is 0.126. The molecule has 0 heterocycles. The molecule has 208 valence electrons. The molecule has 1 saturated carbocycles. The number of hydrogen-bond donors (Lipinski definition) is 1. The maximum atomic E-state index is 11.7. The van der Waals surface area contributed by atoms with Crippen molar-refractivity contribution in [2.75, 3.05) is 33.2 Å². The highest BCUT2D eigenvalue weighted by atomic mass is 16.5. The van der Waals surface area contributed by atoms with Crippen LogP contribution in [0.1, 0.15) is 58.1 Å². The van der Waals surface area contributed by atoms with Gasteiger partial charge in [0.15, 0.2) is 0 Å². The fraction of sp³-hybridized carbons (Fsp3) is 0.389. The lowest BCUT2D eigenvalue weighted by Crippen LogP contribution is -2.43. The molecule has 1 N–H and O–H groups in total. The van der Waals surface area contributed by atoms with Gasteiger partial charge < -0.3 is 19.5 Å². The molecule has 0 unspecified atom stereocenters. The molecule has 4 nitrogen and oxygen atoms in total. The maximum absolute atomic E-state index is 11.7. The van der Waals surface area contributed by atoms with E-state index in [-0.39, 0.29) is 16.2 Å². The summed E-state index contributed by atoms with van der Waals surface area (Å²) in [4.78, 5) is 2.15. The van der Waals surface area contributed by atoms with Gasteiger partial charge in [-0.15, -0.1) is 0 Å². The molecule has 2 aliphatic carbocycles. The van der Waals surface area contributed by atoms with E-state index in [1.807, 2.05) is 18.2 Å². The van der Waals surface area contributed by atoms with Gasteiger partial charge in [-0.3, -0.25) is 0 Å². The Morgan fingerprint density at radius 2 is 1.40 bits per heavy atom. The van der Waals surface area contributed by atoms with Gasteiger partial charge in [-0.2, -0.15) is 0 Å². The highest BCUT2D eigenvalue weighted by molar-refractivity contribution is 6.09. The molecule has 0 saturated heterocycles. The van der Waals surface area contributed by atoms with Crippen LogP contribution in [-0.4, -0.2) is 33.4 Å². The summed E-state index contributed by atoms with van der Waals surface area (Å²) in [6.07, 6.45) is 3.33. The second kappa shape index (κ2) is 8.92. The molecule has 40 heavy (non-hydrogen) atoms. The Labute approximate surface area is 238 Å². The molecule has 0 atom stereocenters. The quantitative estimate of drug-likeness (QED) is 0.284. The van der Waals surface area contributed by atoms with Gasteiger partial charge in [-0.05, 0) is 88.1 Å². The normalized spacial score (nSPS) is 17.9. The molecule has 1 spiro atoms. The third-order valence-electron chi connectivity index (χ3n) is 9.16. The topological polar surface area (TPSA) is 41.9 Å². The Morgan fingerprint density at radius 3 is 2.05 bits per heavy atom. The number of rotatable bonds is 4. The van der Waals surface area contributed by atoms with Crippen LogP contribution in [0.3, 0.4) is 0 Å². The molecular formula is C36H41NO3. The predicted octanol–water partition coefficient (Wildman–Crippen LogP) is 8.80. The third kappa shape index (κ3) is 3.95. The van der Waals surface area contributed by atoms with E-state index in [4.69, 9.17) is 9.47 Å². The molecule has 4 heteroatoms. The van der Waals surface area contributed by atoms with E-state index in [9.17, 15) is 5.11 Å². The van der Waals surface area contributed by atoms with Gasteiger partial charge in [0.05, 0.1) is 14.2 Å².